The van der Waals surface area contributed by atoms with Crippen LogP contribution < -0.4 is 15.4 Å². The highest BCUT2D eigenvalue weighted by Gasteiger charge is 2.36. The Kier molecular flexibility index (Phi) is 9.67. The Hall–Kier alpha value is -1.79. The SMILES string of the molecule is CCNC(=NCC1(CCOC)CCCC1)NCC1(c2ccc(OCC)cc2)CCOCC1. The predicted molar refractivity (Wildman–Crippen MR) is 131 cm³/mol. The van der Waals surface area contributed by atoms with Gasteiger partial charge in [0.15, 0.2) is 5.96 Å². The second kappa shape index (κ2) is 12.4. The standard InChI is InChI=1S/C26H43N3O3/c1-4-27-24(28-20-25(14-17-30-3)12-6-7-13-25)29-21-26(15-18-31-19-16-26)22-8-10-23(11-9-22)32-5-2/h8-11H,4-7,12-21H2,1-3H3,(H2,27,28,29). The molecule has 6 heteroatoms. The van der Waals surface area contributed by atoms with Gasteiger partial charge in [-0.1, -0.05) is 25.0 Å². The third-order valence-corrected chi connectivity index (χ3v) is 7.24. The molecule has 1 aromatic rings. The normalized spacial score (nSPS) is 20.2. The molecule has 0 amide bonds. The summed E-state index contributed by atoms with van der Waals surface area (Å²) >= 11 is 0. The average molecular weight is 446 g/mol. The molecule has 2 aliphatic rings. The van der Waals surface area contributed by atoms with Crippen molar-refractivity contribution >= 4 is 5.96 Å². The van der Waals surface area contributed by atoms with Gasteiger partial charge in [0.2, 0.25) is 0 Å². The highest BCUT2D eigenvalue weighted by Crippen LogP contribution is 2.41. The molecule has 0 spiro atoms. The van der Waals surface area contributed by atoms with E-state index < -0.39 is 0 Å². The maximum absolute atomic E-state index is 5.72. The number of ether oxygens (including phenoxy) is 3. The van der Waals surface area contributed by atoms with Crippen molar-refractivity contribution in [2.45, 2.75) is 64.2 Å². The van der Waals surface area contributed by atoms with Crippen LogP contribution >= 0.6 is 0 Å². The molecule has 1 saturated heterocycles. The lowest BCUT2D eigenvalue weighted by Crippen LogP contribution is -2.48. The lowest BCUT2D eigenvalue weighted by atomic mass is 9.74. The number of methoxy groups -OCH3 is 1. The molecule has 6 nitrogen and oxygen atoms in total. The first kappa shape index (κ1) is 24.8. The molecule has 1 heterocycles. The van der Waals surface area contributed by atoms with Crippen LogP contribution in [-0.2, 0) is 14.9 Å². The predicted octanol–water partition coefficient (Wildman–Crippen LogP) is 4.29. The lowest BCUT2D eigenvalue weighted by Gasteiger charge is -2.38. The van der Waals surface area contributed by atoms with Crippen molar-refractivity contribution in [1.29, 1.82) is 0 Å². The molecule has 1 aromatic carbocycles. The zero-order chi connectivity index (χ0) is 22.7. The molecule has 0 bridgehead atoms. The second-order valence-corrected chi connectivity index (χ2v) is 9.35. The van der Waals surface area contributed by atoms with Crippen molar-refractivity contribution in [3.63, 3.8) is 0 Å². The smallest absolute Gasteiger partial charge is 0.191 e. The molecular formula is C26H43N3O3. The summed E-state index contributed by atoms with van der Waals surface area (Å²) in [6.45, 7) is 9.82. The van der Waals surface area contributed by atoms with Crippen LogP contribution in [0.25, 0.3) is 0 Å². The molecule has 180 valence electrons. The van der Waals surface area contributed by atoms with Gasteiger partial charge in [0.1, 0.15) is 5.75 Å². The van der Waals surface area contributed by atoms with E-state index in [0.717, 1.165) is 70.4 Å². The van der Waals surface area contributed by atoms with Gasteiger partial charge in [0, 0.05) is 52.0 Å². The lowest BCUT2D eigenvalue weighted by molar-refractivity contribution is 0.0513. The summed E-state index contributed by atoms with van der Waals surface area (Å²) in [7, 11) is 1.80. The van der Waals surface area contributed by atoms with Crippen LogP contribution in [0.4, 0.5) is 0 Å². The molecule has 2 fully saturated rings. The van der Waals surface area contributed by atoms with Gasteiger partial charge in [-0.2, -0.15) is 0 Å². The molecule has 32 heavy (non-hydrogen) atoms. The number of hydrogen-bond donors (Lipinski definition) is 2. The van der Waals surface area contributed by atoms with Crippen LogP contribution in [0.1, 0.15) is 64.4 Å². The van der Waals surface area contributed by atoms with Crippen LogP contribution in [0, 0.1) is 5.41 Å². The third kappa shape index (κ3) is 6.61. The fraction of sp³-hybridized carbons (Fsp3) is 0.731. The van der Waals surface area contributed by atoms with Crippen LogP contribution in [0.5, 0.6) is 5.75 Å². The first-order chi connectivity index (χ1) is 15.7. The maximum atomic E-state index is 5.72. The molecule has 1 aliphatic heterocycles. The molecule has 1 aliphatic carbocycles. The van der Waals surface area contributed by atoms with E-state index in [1.165, 1.54) is 31.2 Å². The van der Waals surface area contributed by atoms with Gasteiger partial charge in [0.25, 0.3) is 0 Å². The zero-order valence-corrected chi connectivity index (χ0v) is 20.4. The van der Waals surface area contributed by atoms with Crippen LogP contribution in [-0.4, -0.2) is 59.1 Å². The van der Waals surface area contributed by atoms with Crippen molar-refractivity contribution in [3.05, 3.63) is 29.8 Å². The summed E-state index contributed by atoms with van der Waals surface area (Å²) in [4.78, 5) is 5.06. The highest BCUT2D eigenvalue weighted by atomic mass is 16.5. The van der Waals surface area contributed by atoms with E-state index in [9.17, 15) is 0 Å². The van der Waals surface area contributed by atoms with Gasteiger partial charge < -0.3 is 24.8 Å². The average Bonchev–Trinajstić information content (AvgIpc) is 3.30. The minimum absolute atomic E-state index is 0.0419. The molecule has 2 N–H and O–H groups in total. The van der Waals surface area contributed by atoms with E-state index in [4.69, 9.17) is 19.2 Å². The van der Waals surface area contributed by atoms with Crippen LogP contribution in [0.3, 0.4) is 0 Å². The second-order valence-electron chi connectivity index (χ2n) is 9.35. The fourth-order valence-corrected chi connectivity index (χ4v) is 5.17. The number of aliphatic imine (C=N–C) groups is 1. The van der Waals surface area contributed by atoms with Crippen LogP contribution in [0.15, 0.2) is 29.3 Å². The van der Waals surface area contributed by atoms with Crippen molar-refractivity contribution in [2.75, 3.05) is 53.2 Å². The number of guanidine groups is 1. The largest absolute Gasteiger partial charge is 0.494 e. The Morgan fingerprint density at radius 3 is 2.38 bits per heavy atom. The summed E-state index contributed by atoms with van der Waals surface area (Å²) in [5.41, 5.74) is 1.68. The molecular weight excluding hydrogens is 402 g/mol. The van der Waals surface area contributed by atoms with Crippen molar-refractivity contribution in [3.8, 4) is 5.75 Å². The molecule has 0 radical (unpaired) electrons. The molecule has 3 rings (SSSR count). The highest BCUT2D eigenvalue weighted by molar-refractivity contribution is 5.80. The van der Waals surface area contributed by atoms with Gasteiger partial charge in [0.05, 0.1) is 6.61 Å². The van der Waals surface area contributed by atoms with E-state index in [0.29, 0.717) is 12.0 Å². The number of benzene rings is 1. The molecule has 0 aromatic heterocycles. The Labute approximate surface area is 194 Å². The number of rotatable bonds is 11. The van der Waals surface area contributed by atoms with E-state index >= 15 is 0 Å². The van der Waals surface area contributed by atoms with E-state index in [-0.39, 0.29) is 5.41 Å². The van der Waals surface area contributed by atoms with E-state index in [2.05, 4.69) is 41.8 Å². The van der Waals surface area contributed by atoms with Crippen molar-refractivity contribution in [2.24, 2.45) is 10.4 Å². The maximum Gasteiger partial charge on any atom is 0.191 e. The third-order valence-electron chi connectivity index (χ3n) is 7.24. The number of nitrogens with one attached hydrogen (secondary N) is 2. The minimum atomic E-state index is 0.0419. The summed E-state index contributed by atoms with van der Waals surface area (Å²) < 4.78 is 16.8. The van der Waals surface area contributed by atoms with Crippen molar-refractivity contribution in [1.82, 2.24) is 10.6 Å². The topological polar surface area (TPSA) is 64.1 Å². The molecule has 1 saturated carbocycles. The fourth-order valence-electron chi connectivity index (χ4n) is 5.17. The summed E-state index contributed by atoms with van der Waals surface area (Å²) in [6, 6.07) is 8.63. The first-order valence-corrected chi connectivity index (χ1v) is 12.5. The van der Waals surface area contributed by atoms with E-state index in [1.54, 1.807) is 7.11 Å². The Balaban J connectivity index is 1.71. The summed E-state index contributed by atoms with van der Waals surface area (Å²) in [5, 5.41) is 7.16. The minimum Gasteiger partial charge on any atom is -0.494 e. The Morgan fingerprint density at radius 2 is 1.75 bits per heavy atom. The quantitative estimate of drug-likeness (QED) is 0.393. The Morgan fingerprint density at radius 1 is 1.03 bits per heavy atom. The molecule has 0 atom stereocenters. The first-order valence-electron chi connectivity index (χ1n) is 12.5. The summed E-state index contributed by atoms with van der Waals surface area (Å²) in [6.07, 6.45) is 8.24. The number of hydrogen-bond acceptors (Lipinski definition) is 4. The number of nitrogens with zero attached hydrogens (tertiary/aromatic N) is 1. The van der Waals surface area contributed by atoms with Gasteiger partial charge >= 0.3 is 0 Å². The van der Waals surface area contributed by atoms with Gasteiger partial charge in [-0.15, -0.1) is 0 Å². The van der Waals surface area contributed by atoms with Gasteiger partial charge in [-0.3, -0.25) is 4.99 Å². The Bertz CT molecular complexity index is 693. The van der Waals surface area contributed by atoms with Gasteiger partial charge in [-0.05, 0) is 69.1 Å². The molecule has 0 unspecified atom stereocenters. The monoisotopic (exact) mass is 445 g/mol. The van der Waals surface area contributed by atoms with Crippen LogP contribution in [0.2, 0.25) is 0 Å². The summed E-state index contributed by atoms with van der Waals surface area (Å²) in [5.74, 6) is 1.85. The zero-order valence-electron chi connectivity index (χ0n) is 20.4. The van der Waals surface area contributed by atoms with Crippen molar-refractivity contribution < 1.29 is 14.2 Å². The van der Waals surface area contributed by atoms with Gasteiger partial charge in [-0.25, -0.2) is 0 Å². The van der Waals surface area contributed by atoms with E-state index in [1.807, 2.05) is 6.92 Å².